The van der Waals surface area contributed by atoms with Crippen molar-refractivity contribution in [1.82, 2.24) is 0 Å². The molecule has 0 nitrogen and oxygen atoms in total. The molecule has 18 heavy (non-hydrogen) atoms. The Labute approximate surface area is 153 Å². The molecule has 6 heteroatoms. The van der Waals surface area contributed by atoms with E-state index in [0.29, 0.717) is 9.16 Å². The van der Waals surface area contributed by atoms with E-state index < -0.39 is 0 Å². The van der Waals surface area contributed by atoms with Gasteiger partial charge in [0.1, 0.15) is 0 Å². The minimum absolute atomic E-state index is 0. The minimum atomic E-state index is 0. The van der Waals surface area contributed by atoms with Crippen molar-refractivity contribution < 1.29 is 40.1 Å². The second kappa shape index (κ2) is 9.02. The van der Waals surface area contributed by atoms with Crippen molar-refractivity contribution in [1.29, 1.82) is 0 Å². The first-order valence-corrected chi connectivity index (χ1v) is 9.61. The largest absolute Gasteiger partial charge is 1.00 e. The molecule has 0 aromatic carbocycles. The van der Waals surface area contributed by atoms with Gasteiger partial charge in [-0.05, 0) is 6.08 Å². The van der Waals surface area contributed by atoms with Crippen LogP contribution in [-0.4, -0.2) is 32.2 Å². The van der Waals surface area contributed by atoms with Gasteiger partial charge in [0.25, 0.3) is 0 Å². The molecular formula is C12H13ClHgS4. The van der Waals surface area contributed by atoms with E-state index >= 15 is 0 Å². The van der Waals surface area contributed by atoms with Gasteiger partial charge in [0.05, 0.1) is 15.1 Å². The van der Waals surface area contributed by atoms with Gasteiger partial charge in [-0.25, -0.2) is 0 Å². The average Bonchev–Trinajstić information content (AvgIpc) is 3.03. The zero-order valence-corrected chi connectivity index (χ0v) is 19.5. The van der Waals surface area contributed by atoms with E-state index in [-0.39, 0.29) is 40.1 Å². The maximum absolute atomic E-state index is 3.49. The van der Waals surface area contributed by atoms with Crippen LogP contribution in [0.4, 0.5) is 0 Å². The zero-order chi connectivity index (χ0) is 10.8. The Morgan fingerprint density at radius 2 is 1.44 bits per heavy atom. The van der Waals surface area contributed by atoms with E-state index in [1.807, 2.05) is 0 Å². The van der Waals surface area contributed by atoms with E-state index in [0.717, 1.165) is 0 Å². The van der Waals surface area contributed by atoms with Crippen LogP contribution in [-0.2, 0) is 27.7 Å². The van der Waals surface area contributed by atoms with Gasteiger partial charge >= 0.3 is 27.7 Å². The van der Waals surface area contributed by atoms with Crippen LogP contribution in [0.1, 0.15) is 0 Å². The summed E-state index contributed by atoms with van der Waals surface area (Å²) in [6.45, 7) is 0. The average molecular weight is 522 g/mol. The molecule has 0 aromatic rings. The smallest absolute Gasteiger partial charge is 1.00 e. The van der Waals surface area contributed by atoms with Crippen molar-refractivity contribution in [3.8, 4) is 0 Å². The molecule has 0 unspecified atom stereocenters. The summed E-state index contributed by atoms with van der Waals surface area (Å²) in [6.07, 6.45) is 6.80. The topological polar surface area (TPSA) is 0 Å². The molecular weight excluding hydrogens is 508 g/mol. The Morgan fingerprint density at radius 1 is 0.889 bits per heavy atom. The van der Waals surface area contributed by atoms with Crippen LogP contribution in [0.2, 0.25) is 0 Å². The second-order valence-corrected chi connectivity index (χ2v) is 9.17. The van der Waals surface area contributed by atoms with Crippen LogP contribution in [0.5, 0.6) is 0 Å². The number of hydrogen-bond acceptors (Lipinski definition) is 4. The number of thioether (sulfide) groups is 4. The number of rotatable bonds is 2. The van der Waals surface area contributed by atoms with Gasteiger partial charge in [-0.1, -0.05) is 12.2 Å². The molecule has 0 saturated carbocycles. The molecule has 0 aromatic heterocycles. The Morgan fingerprint density at radius 3 is 1.94 bits per heavy atom. The van der Waals surface area contributed by atoms with Gasteiger partial charge in [-0.15, -0.1) is 52.8 Å². The summed E-state index contributed by atoms with van der Waals surface area (Å²) in [7, 11) is 0. The molecule has 2 fully saturated rings. The van der Waals surface area contributed by atoms with E-state index in [2.05, 4.69) is 71.0 Å². The Hall–Kier alpha value is 1.89. The van der Waals surface area contributed by atoms with Crippen LogP contribution in [0.15, 0.2) is 29.5 Å². The first-order valence-electron chi connectivity index (χ1n) is 5.41. The Kier molecular flexibility index (Phi) is 8.98. The van der Waals surface area contributed by atoms with Crippen LogP contribution < -0.4 is 12.4 Å². The standard InChI is InChI=1S/C12H13S4.ClH.Hg/c1-2-10(12-15-7-8-16-12)4-3-9(1)11-13-5-6-14-11;;/h1-3,11-12H,5-8H2;1H;/q;;+1/p-1. The number of allylic oxidation sites excluding steroid dienone is 2. The maximum atomic E-state index is 3.49. The molecule has 2 aliphatic heterocycles. The predicted molar refractivity (Wildman–Crippen MR) is 81.4 cm³/mol. The first kappa shape index (κ1) is 17.9. The van der Waals surface area contributed by atoms with Gasteiger partial charge in [-0.2, -0.15) is 0 Å². The van der Waals surface area contributed by atoms with E-state index in [1.54, 1.807) is 0 Å². The SMILES string of the molecule is C1=C[C](C2SCCS2)C=CC=1C1SCCS1.[Cl-].[Hg+]. The molecule has 3 aliphatic rings. The molecule has 94 valence electrons. The van der Waals surface area contributed by atoms with Crippen LogP contribution >= 0.6 is 47.0 Å². The number of halogens is 1. The van der Waals surface area contributed by atoms with E-state index in [9.17, 15) is 0 Å². The van der Waals surface area contributed by atoms with Gasteiger partial charge in [0.15, 0.2) is 0 Å². The monoisotopic (exact) mass is 522 g/mol. The van der Waals surface area contributed by atoms with Crippen LogP contribution in [0.25, 0.3) is 0 Å². The molecule has 0 bridgehead atoms. The quantitative estimate of drug-likeness (QED) is 0.390. The summed E-state index contributed by atoms with van der Waals surface area (Å²) in [6, 6.07) is 0. The van der Waals surface area contributed by atoms with Crippen LogP contribution in [0, 0.1) is 5.92 Å². The summed E-state index contributed by atoms with van der Waals surface area (Å²) in [5, 5.41) is 0. The predicted octanol–water partition coefficient (Wildman–Crippen LogP) is 0.826. The minimum Gasteiger partial charge on any atom is -1.00 e. The van der Waals surface area contributed by atoms with Crippen molar-refractivity contribution in [2.75, 3.05) is 23.0 Å². The zero-order valence-electron chi connectivity index (χ0n) is 9.93. The molecule has 3 rings (SSSR count). The fourth-order valence-corrected chi connectivity index (χ4v) is 7.48. The van der Waals surface area contributed by atoms with Gasteiger partial charge in [0, 0.05) is 28.6 Å². The summed E-state index contributed by atoms with van der Waals surface area (Å²) in [4.78, 5) is 0. The van der Waals surface area contributed by atoms with Crippen molar-refractivity contribution in [2.45, 2.75) is 9.16 Å². The van der Waals surface area contributed by atoms with E-state index in [4.69, 9.17) is 0 Å². The normalized spacial score (nSPS) is 24.8. The van der Waals surface area contributed by atoms with Crippen molar-refractivity contribution in [2.24, 2.45) is 0 Å². The molecule has 0 amide bonds. The summed E-state index contributed by atoms with van der Waals surface area (Å²) < 4.78 is 1.30. The third kappa shape index (κ3) is 4.44. The number of hydrogen-bond donors (Lipinski definition) is 0. The van der Waals surface area contributed by atoms with Crippen molar-refractivity contribution >= 4 is 47.0 Å². The Balaban J connectivity index is 0.000000810. The summed E-state index contributed by atoms with van der Waals surface area (Å²) in [5.74, 6) is 6.62. The third-order valence-corrected chi connectivity index (χ3v) is 8.80. The summed E-state index contributed by atoms with van der Waals surface area (Å²) in [5.41, 5.74) is 4.87. The molecule has 0 atom stereocenters. The molecule has 2 saturated heterocycles. The summed E-state index contributed by atoms with van der Waals surface area (Å²) >= 11 is 8.24. The Bertz CT molecular complexity index is 353. The molecule has 1 aliphatic carbocycles. The van der Waals surface area contributed by atoms with Crippen molar-refractivity contribution in [3.63, 3.8) is 0 Å². The molecule has 0 spiro atoms. The first-order chi connectivity index (χ1) is 7.93. The molecule has 2 radical (unpaired) electrons. The van der Waals surface area contributed by atoms with Gasteiger partial charge in [-0.3, -0.25) is 0 Å². The van der Waals surface area contributed by atoms with E-state index in [1.165, 1.54) is 34.5 Å². The van der Waals surface area contributed by atoms with Crippen molar-refractivity contribution in [3.05, 3.63) is 35.5 Å². The molecule has 2 heterocycles. The molecule has 0 N–H and O–H groups in total. The second-order valence-electron chi connectivity index (χ2n) is 3.72. The van der Waals surface area contributed by atoms with Gasteiger partial charge < -0.3 is 12.4 Å². The maximum Gasteiger partial charge on any atom is 1.00 e. The van der Waals surface area contributed by atoms with Gasteiger partial charge in [0.2, 0.25) is 0 Å². The fourth-order valence-electron chi connectivity index (χ4n) is 1.83. The third-order valence-electron chi connectivity index (χ3n) is 2.63. The van der Waals surface area contributed by atoms with Crippen LogP contribution in [0.3, 0.4) is 0 Å². The fraction of sp³-hybridized carbons (Fsp3) is 0.500.